The highest BCUT2D eigenvalue weighted by atomic mass is 19.1. The van der Waals surface area contributed by atoms with E-state index in [1.54, 1.807) is 12.1 Å². The van der Waals surface area contributed by atoms with Crippen LogP contribution < -0.4 is 10.6 Å². The Hall–Kier alpha value is -2.38. The van der Waals surface area contributed by atoms with Gasteiger partial charge in [0, 0.05) is 6.54 Å². The summed E-state index contributed by atoms with van der Waals surface area (Å²) in [5, 5.41) is 16.1. The monoisotopic (exact) mass is 295 g/mol. The molecule has 0 aromatic heterocycles. The molecule has 4 heteroatoms. The number of hydrogen-bond acceptors (Lipinski definition) is 3. The number of nitriles is 1. The van der Waals surface area contributed by atoms with Gasteiger partial charge in [-0.05, 0) is 60.8 Å². The molecule has 0 bridgehead atoms. The Balaban J connectivity index is 1.88. The maximum Gasteiger partial charge on any atom is 0.123 e. The molecule has 2 aromatic rings. The normalized spacial score (nSPS) is 13.8. The Labute approximate surface area is 129 Å². The van der Waals surface area contributed by atoms with E-state index in [0.29, 0.717) is 12.1 Å². The quantitative estimate of drug-likeness (QED) is 0.915. The van der Waals surface area contributed by atoms with Crippen molar-refractivity contribution in [3.05, 3.63) is 64.5 Å². The summed E-state index contributed by atoms with van der Waals surface area (Å²) in [6.45, 7) is 2.47. The van der Waals surface area contributed by atoms with E-state index in [2.05, 4.69) is 22.8 Å². The molecule has 0 amide bonds. The summed E-state index contributed by atoms with van der Waals surface area (Å²) in [5.74, 6) is -0.235. The largest absolute Gasteiger partial charge is 0.380 e. The van der Waals surface area contributed by atoms with Crippen LogP contribution in [-0.4, -0.2) is 13.1 Å². The molecule has 1 heterocycles. The van der Waals surface area contributed by atoms with Crippen molar-refractivity contribution in [3.63, 3.8) is 0 Å². The summed E-state index contributed by atoms with van der Waals surface area (Å²) in [6.07, 6.45) is 1.89. The number of nitrogens with one attached hydrogen (secondary N) is 2. The van der Waals surface area contributed by atoms with Gasteiger partial charge in [0.2, 0.25) is 0 Å². The maximum absolute atomic E-state index is 13.0. The van der Waals surface area contributed by atoms with E-state index in [1.165, 1.54) is 23.3 Å². The van der Waals surface area contributed by atoms with Crippen LogP contribution in [0.2, 0.25) is 0 Å². The van der Waals surface area contributed by atoms with Crippen molar-refractivity contribution in [3.8, 4) is 6.07 Å². The minimum Gasteiger partial charge on any atom is -0.380 e. The molecule has 0 atom stereocenters. The molecule has 0 saturated carbocycles. The van der Waals surface area contributed by atoms with Gasteiger partial charge in [0.05, 0.1) is 11.3 Å². The van der Waals surface area contributed by atoms with E-state index in [-0.39, 0.29) is 5.82 Å². The Kier molecular flexibility index (Phi) is 4.36. The second-order valence-electron chi connectivity index (χ2n) is 5.47. The molecule has 3 rings (SSSR count). The Bertz CT molecular complexity index is 702. The van der Waals surface area contributed by atoms with Gasteiger partial charge in [0.25, 0.3) is 0 Å². The predicted octanol–water partition coefficient (Wildman–Crippen LogP) is 3.00. The van der Waals surface area contributed by atoms with E-state index < -0.39 is 0 Å². The second kappa shape index (κ2) is 6.59. The highest BCUT2D eigenvalue weighted by Crippen LogP contribution is 2.27. The molecule has 2 N–H and O–H groups in total. The Morgan fingerprint density at radius 3 is 2.64 bits per heavy atom. The lowest BCUT2D eigenvalue weighted by Crippen LogP contribution is -2.16. The van der Waals surface area contributed by atoms with Gasteiger partial charge in [-0.2, -0.15) is 5.26 Å². The van der Waals surface area contributed by atoms with Gasteiger partial charge >= 0.3 is 0 Å². The first-order chi connectivity index (χ1) is 10.8. The van der Waals surface area contributed by atoms with Crippen LogP contribution in [0.4, 0.5) is 10.1 Å². The average Bonchev–Trinajstić information content (AvgIpc) is 2.79. The third-order valence-electron chi connectivity index (χ3n) is 4.04. The average molecular weight is 295 g/mol. The van der Waals surface area contributed by atoms with Gasteiger partial charge in [0.15, 0.2) is 0 Å². The summed E-state index contributed by atoms with van der Waals surface area (Å²) in [6, 6.07) is 12.6. The lowest BCUT2D eigenvalue weighted by Gasteiger charge is -2.16. The fraction of sp³-hybridized carbons (Fsp3) is 0.278. The molecule has 0 radical (unpaired) electrons. The van der Waals surface area contributed by atoms with Gasteiger partial charge < -0.3 is 10.6 Å². The van der Waals surface area contributed by atoms with Crippen LogP contribution in [0.15, 0.2) is 36.4 Å². The van der Waals surface area contributed by atoms with Crippen LogP contribution in [0, 0.1) is 17.1 Å². The lowest BCUT2D eigenvalue weighted by molar-refractivity contribution is 0.627. The smallest absolute Gasteiger partial charge is 0.123 e. The molecule has 0 fully saturated rings. The van der Waals surface area contributed by atoms with Gasteiger partial charge in [-0.15, -0.1) is 0 Å². The van der Waals surface area contributed by atoms with E-state index in [0.717, 1.165) is 37.2 Å². The molecule has 0 spiro atoms. The molecule has 22 heavy (non-hydrogen) atoms. The van der Waals surface area contributed by atoms with Crippen LogP contribution in [-0.2, 0) is 19.4 Å². The Morgan fingerprint density at radius 1 is 1.09 bits per heavy atom. The second-order valence-corrected chi connectivity index (χ2v) is 5.47. The first-order valence-electron chi connectivity index (χ1n) is 7.52. The molecule has 0 saturated heterocycles. The van der Waals surface area contributed by atoms with Crippen molar-refractivity contribution in [2.24, 2.45) is 0 Å². The standard InChI is InChI=1S/C18H18FN3/c19-16-5-1-13(2-6-16)12-22-18-15(11-20)4-3-14-7-9-21-10-8-17(14)18/h1-6,21-22H,7-10,12H2. The molecule has 112 valence electrons. The number of halogens is 1. The molecule has 3 nitrogen and oxygen atoms in total. The minimum atomic E-state index is -0.235. The van der Waals surface area contributed by atoms with Gasteiger partial charge in [-0.25, -0.2) is 4.39 Å². The Morgan fingerprint density at radius 2 is 1.86 bits per heavy atom. The van der Waals surface area contributed by atoms with Crippen molar-refractivity contribution in [1.82, 2.24) is 5.32 Å². The number of benzene rings is 2. The topological polar surface area (TPSA) is 47.9 Å². The maximum atomic E-state index is 13.0. The van der Waals surface area contributed by atoms with Crippen LogP contribution in [0.3, 0.4) is 0 Å². The molecule has 1 aliphatic heterocycles. The zero-order valence-corrected chi connectivity index (χ0v) is 12.3. The number of anilines is 1. The van der Waals surface area contributed by atoms with E-state index in [1.807, 2.05) is 6.07 Å². The van der Waals surface area contributed by atoms with Crippen molar-refractivity contribution in [1.29, 1.82) is 5.26 Å². The van der Waals surface area contributed by atoms with Crippen molar-refractivity contribution in [2.45, 2.75) is 19.4 Å². The van der Waals surface area contributed by atoms with Crippen LogP contribution in [0.5, 0.6) is 0 Å². The summed E-state index contributed by atoms with van der Waals surface area (Å²) < 4.78 is 13.0. The van der Waals surface area contributed by atoms with Gasteiger partial charge in [-0.3, -0.25) is 0 Å². The van der Waals surface area contributed by atoms with Crippen molar-refractivity contribution in [2.75, 3.05) is 18.4 Å². The molecule has 1 aliphatic rings. The van der Waals surface area contributed by atoms with Crippen molar-refractivity contribution >= 4 is 5.69 Å². The first-order valence-corrected chi connectivity index (χ1v) is 7.52. The van der Waals surface area contributed by atoms with Gasteiger partial charge in [-0.1, -0.05) is 18.2 Å². The predicted molar refractivity (Wildman–Crippen MR) is 85.2 cm³/mol. The van der Waals surface area contributed by atoms with E-state index in [9.17, 15) is 9.65 Å². The number of hydrogen-bond donors (Lipinski definition) is 2. The van der Waals surface area contributed by atoms with Crippen LogP contribution >= 0.6 is 0 Å². The van der Waals surface area contributed by atoms with E-state index >= 15 is 0 Å². The molecule has 0 unspecified atom stereocenters. The van der Waals surface area contributed by atoms with Crippen molar-refractivity contribution < 1.29 is 4.39 Å². The van der Waals surface area contributed by atoms with Gasteiger partial charge in [0.1, 0.15) is 11.9 Å². The highest BCUT2D eigenvalue weighted by Gasteiger charge is 2.15. The zero-order chi connectivity index (χ0) is 15.4. The lowest BCUT2D eigenvalue weighted by atomic mass is 9.97. The molecular formula is C18H18FN3. The fourth-order valence-corrected chi connectivity index (χ4v) is 2.86. The highest BCUT2D eigenvalue weighted by molar-refractivity contribution is 5.65. The summed E-state index contributed by atoms with van der Waals surface area (Å²) in [4.78, 5) is 0. The summed E-state index contributed by atoms with van der Waals surface area (Å²) >= 11 is 0. The third-order valence-corrected chi connectivity index (χ3v) is 4.04. The number of rotatable bonds is 3. The molecule has 2 aromatic carbocycles. The fourth-order valence-electron chi connectivity index (χ4n) is 2.86. The SMILES string of the molecule is N#Cc1ccc2c(c1NCc1ccc(F)cc1)CCNCC2. The zero-order valence-electron chi connectivity index (χ0n) is 12.3. The van der Waals surface area contributed by atoms with Crippen LogP contribution in [0.1, 0.15) is 22.3 Å². The summed E-state index contributed by atoms with van der Waals surface area (Å²) in [5.41, 5.74) is 5.11. The van der Waals surface area contributed by atoms with E-state index in [4.69, 9.17) is 0 Å². The van der Waals surface area contributed by atoms with Crippen LogP contribution in [0.25, 0.3) is 0 Å². The number of fused-ring (bicyclic) bond motifs is 1. The summed E-state index contributed by atoms with van der Waals surface area (Å²) in [7, 11) is 0. The number of nitrogens with zero attached hydrogens (tertiary/aromatic N) is 1. The molecule has 0 aliphatic carbocycles. The third kappa shape index (κ3) is 3.10. The minimum absolute atomic E-state index is 0.235. The molecular weight excluding hydrogens is 277 g/mol. The first kappa shape index (κ1) is 14.6.